The predicted octanol–water partition coefficient (Wildman–Crippen LogP) is 0.920. The van der Waals surface area contributed by atoms with Gasteiger partial charge in [0.15, 0.2) is 5.96 Å². The number of hydrogen-bond donors (Lipinski definition) is 2. The van der Waals surface area contributed by atoms with Crippen molar-refractivity contribution in [3.05, 3.63) is 0 Å². The number of hydrogen-bond acceptors (Lipinski definition) is 3. The van der Waals surface area contributed by atoms with E-state index < -0.39 is 0 Å². The molecule has 0 amide bonds. The minimum absolute atomic E-state index is 0.701. The molecular weight excluding hydrogens is 240 g/mol. The maximum atomic E-state index is 5.00. The van der Waals surface area contributed by atoms with Crippen LogP contribution in [-0.2, 0) is 4.74 Å². The molecule has 1 aliphatic rings. The zero-order valence-electron chi connectivity index (χ0n) is 12.7. The molecule has 1 heterocycles. The Bertz CT molecular complexity index is 250. The van der Waals surface area contributed by atoms with Crippen molar-refractivity contribution in [3.8, 4) is 0 Å². The van der Waals surface area contributed by atoms with Gasteiger partial charge in [0.25, 0.3) is 0 Å². The lowest BCUT2D eigenvalue weighted by Gasteiger charge is -2.30. The average molecular weight is 270 g/mol. The Morgan fingerprint density at radius 1 is 1.26 bits per heavy atom. The van der Waals surface area contributed by atoms with E-state index in [-0.39, 0.29) is 0 Å². The van der Waals surface area contributed by atoms with Gasteiger partial charge in [-0.3, -0.25) is 4.99 Å². The highest BCUT2D eigenvalue weighted by Crippen LogP contribution is 2.15. The summed E-state index contributed by atoms with van der Waals surface area (Å²) in [6, 6.07) is 0. The molecule has 0 atom stereocenters. The number of rotatable bonds is 7. The van der Waals surface area contributed by atoms with E-state index >= 15 is 0 Å². The number of nitrogens with zero attached hydrogens (tertiary/aromatic N) is 2. The van der Waals surface area contributed by atoms with Crippen LogP contribution < -0.4 is 10.6 Å². The number of methoxy groups -OCH3 is 1. The lowest BCUT2D eigenvalue weighted by atomic mass is 9.99. The van der Waals surface area contributed by atoms with E-state index in [9.17, 15) is 0 Å². The molecule has 0 aliphatic carbocycles. The third-order valence-electron chi connectivity index (χ3n) is 3.64. The first-order valence-corrected chi connectivity index (χ1v) is 7.42. The van der Waals surface area contributed by atoms with Gasteiger partial charge < -0.3 is 20.3 Å². The molecule has 0 bridgehead atoms. The summed E-state index contributed by atoms with van der Waals surface area (Å²) < 4.78 is 5.00. The Morgan fingerprint density at radius 3 is 2.58 bits per heavy atom. The number of ether oxygens (including phenoxy) is 1. The minimum Gasteiger partial charge on any atom is -0.383 e. The van der Waals surface area contributed by atoms with E-state index in [1.807, 2.05) is 0 Å². The molecule has 1 saturated heterocycles. The van der Waals surface area contributed by atoms with Crippen molar-refractivity contribution in [1.82, 2.24) is 15.5 Å². The van der Waals surface area contributed by atoms with Crippen LogP contribution in [0.1, 0.15) is 26.2 Å². The van der Waals surface area contributed by atoms with Gasteiger partial charge in [-0.2, -0.15) is 0 Å². The van der Waals surface area contributed by atoms with Crippen molar-refractivity contribution in [3.63, 3.8) is 0 Å². The highest BCUT2D eigenvalue weighted by atomic mass is 16.5. The number of aliphatic imine (C=N–C) groups is 1. The smallest absolute Gasteiger partial charge is 0.191 e. The van der Waals surface area contributed by atoms with Gasteiger partial charge in [0.05, 0.1) is 6.61 Å². The van der Waals surface area contributed by atoms with Crippen molar-refractivity contribution in [1.29, 1.82) is 0 Å². The van der Waals surface area contributed by atoms with Crippen molar-refractivity contribution < 1.29 is 4.74 Å². The van der Waals surface area contributed by atoms with Gasteiger partial charge in [0.2, 0.25) is 0 Å². The van der Waals surface area contributed by atoms with E-state index in [2.05, 4.69) is 27.4 Å². The summed E-state index contributed by atoms with van der Waals surface area (Å²) in [5.74, 6) is 1.78. The lowest BCUT2D eigenvalue weighted by Crippen LogP contribution is -2.40. The summed E-state index contributed by atoms with van der Waals surface area (Å²) in [6.07, 6.45) is 3.88. The fraction of sp³-hybridized carbons (Fsp3) is 0.929. The van der Waals surface area contributed by atoms with Gasteiger partial charge in [-0.05, 0) is 44.8 Å². The van der Waals surface area contributed by atoms with Crippen LogP contribution in [0.4, 0.5) is 0 Å². The second-order valence-electron chi connectivity index (χ2n) is 5.30. The zero-order chi connectivity index (χ0) is 13.9. The Kier molecular flexibility index (Phi) is 8.58. The number of nitrogens with one attached hydrogen (secondary N) is 2. The third kappa shape index (κ3) is 7.38. The highest BCUT2D eigenvalue weighted by Gasteiger charge is 2.14. The topological polar surface area (TPSA) is 48.9 Å². The molecule has 0 unspecified atom stereocenters. The summed E-state index contributed by atoms with van der Waals surface area (Å²) in [5.41, 5.74) is 0. The first kappa shape index (κ1) is 16.2. The molecule has 0 saturated carbocycles. The lowest BCUT2D eigenvalue weighted by molar-refractivity contribution is 0.191. The monoisotopic (exact) mass is 270 g/mol. The molecule has 0 spiro atoms. The fourth-order valence-corrected chi connectivity index (χ4v) is 2.29. The van der Waals surface area contributed by atoms with E-state index in [1.165, 1.54) is 38.9 Å². The van der Waals surface area contributed by atoms with E-state index in [1.54, 1.807) is 14.2 Å². The van der Waals surface area contributed by atoms with Gasteiger partial charge in [-0.1, -0.05) is 6.92 Å². The molecule has 1 fully saturated rings. The number of likely N-dealkylation sites (tertiary alicyclic amines) is 1. The molecule has 5 nitrogen and oxygen atoms in total. The van der Waals surface area contributed by atoms with Gasteiger partial charge in [-0.25, -0.2) is 0 Å². The molecule has 5 heteroatoms. The van der Waals surface area contributed by atoms with Crippen LogP contribution in [0, 0.1) is 5.92 Å². The second-order valence-corrected chi connectivity index (χ2v) is 5.30. The first-order valence-electron chi connectivity index (χ1n) is 7.42. The number of piperidine rings is 1. The Labute approximate surface area is 117 Å². The molecule has 1 rings (SSSR count). The van der Waals surface area contributed by atoms with Crippen LogP contribution in [0.25, 0.3) is 0 Å². The molecule has 0 aromatic carbocycles. The second kappa shape index (κ2) is 10.0. The summed E-state index contributed by atoms with van der Waals surface area (Å²) in [4.78, 5) is 6.75. The minimum atomic E-state index is 0.701. The highest BCUT2D eigenvalue weighted by molar-refractivity contribution is 5.79. The summed E-state index contributed by atoms with van der Waals surface area (Å²) >= 11 is 0. The van der Waals surface area contributed by atoms with Crippen molar-refractivity contribution >= 4 is 5.96 Å². The van der Waals surface area contributed by atoms with Gasteiger partial charge in [0.1, 0.15) is 0 Å². The van der Waals surface area contributed by atoms with Crippen molar-refractivity contribution in [2.45, 2.75) is 26.2 Å². The van der Waals surface area contributed by atoms with E-state index in [0.717, 1.165) is 25.0 Å². The van der Waals surface area contributed by atoms with E-state index in [0.29, 0.717) is 6.61 Å². The summed E-state index contributed by atoms with van der Waals surface area (Å²) in [6.45, 7) is 8.54. The van der Waals surface area contributed by atoms with Gasteiger partial charge in [-0.15, -0.1) is 0 Å². The predicted molar refractivity (Wildman–Crippen MR) is 80.7 cm³/mol. The standard InChI is InChI=1S/C14H30N4O/c1-13-5-10-18(11-6-13)9-4-7-16-14(15-2)17-8-12-19-3/h13H,4-12H2,1-3H3,(H2,15,16,17). The summed E-state index contributed by atoms with van der Waals surface area (Å²) in [7, 11) is 3.51. The molecule has 1 aliphatic heterocycles. The maximum Gasteiger partial charge on any atom is 0.191 e. The van der Waals surface area contributed by atoms with Crippen LogP contribution in [-0.4, -0.2) is 64.3 Å². The van der Waals surface area contributed by atoms with Crippen LogP contribution in [0.3, 0.4) is 0 Å². The fourth-order valence-electron chi connectivity index (χ4n) is 2.29. The van der Waals surface area contributed by atoms with Crippen LogP contribution in [0.2, 0.25) is 0 Å². The first-order chi connectivity index (χ1) is 9.26. The molecule has 0 aromatic rings. The molecule has 112 valence electrons. The van der Waals surface area contributed by atoms with Crippen LogP contribution >= 0.6 is 0 Å². The van der Waals surface area contributed by atoms with Crippen LogP contribution in [0.15, 0.2) is 4.99 Å². The Morgan fingerprint density at radius 2 is 1.95 bits per heavy atom. The maximum absolute atomic E-state index is 5.00. The largest absolute Gasteiger partial charge is 0.383 e. The SMILES string of the molecule is CN=C(NCCCN1CCC(C)CC1)NCCOC. The van der Waals surface area contributed by atoms with Gasteiger partial charge in [0, 0.05) is 27.2 Å². The van der Waals surface area contributed by atoms with Gasteiger partial charge >= 0.3 is 0 Å². The van der Waals surface area contributed by atoms with Crippen molar-refractivity contribution in [2.75, 3.05) is 53.5 Å². The third-order valence-corrected chi connectivity index (χ3v) is 3.64. The van der Waals surface area contributed by atoms with E-state index in [4.69, 9.17) is 4.74 Å². The molecule has 0 aromatic heterocycles. The van der Waals surface area contributed by atoms with Crippen molar-refractivity contribution in [2.24, 2.45) is 10.9 Å². The molecule has 2 N–H and O–H groups in total. The Balaban J connectivity index is 2.02. The zero-order valence-corrected chi connectivity index (χ0v) is 12.7. The van der Waals surface area contributed by atoms with Crippen LogP contribution in [0.5, 0.6) is 0 Å². The molecule has 19 heavy (non-hydrogen) atoms. The normalized spacial score (nSPS) is 18.6. The average Bonchev–Trinajstić information content (AvgIpc) is 2.43. The molecular formula is C14H30N4O. The Hall–Kier alpha value is -0.810. The molecule has 0 radical (unpaired) electrons. The summed E-state index contributed by atoms with van der Waals surface area (Å²) in [5, 5.41) is 6.55. The number of guanidine groups is 1. The quantitative estimate of drug-likeness (QED) is 0.410.